The van der Waals surface area contributed by atoms with Crippen LogP contribution in [0.15, 0.2) is 24.3 Å². The van der Waals surface area contributed by atoms with Gasteiger partial charge in [-0.15, -0.1) is 0 Å². The molecular weight excluding hydrogens is 796 g/mol. The quantitative estimate of drug-likeness (QED) is 0.212. The predicted molar refractivity (Wildman–Crippen MR) is 216 cm³/mol. The minimum Gasteiger partial charge on any atom is -0.460 e. The van der Waals surface area contributed by atoms with Gasteiger partial charge in [0.25, 0.3) is 0 Å². The van der Waals surface area contributed by atoms with Crippen molar-refractivity contribution in [3.8, 4) is 0 Å². The Kier molecular flexibility index (Phi) is 17.8. The first-order chi connectivity index (χ1) is 29.0. The first-order valence-electron chi connectivity index (χ1n) is 22.2. The second kappa shape index (κ2) is 22.3. The van der Waals surface area contributed by atoms with E-state index in [9.17, 15) is 29.1 Å². The highest BCUT2D eigenvalue weighted by Crippen LogP contribution is 2.41. The van der Waals surface area contributed by atoms with E-state index in [0.29, 0.717) is 38.5 Å². The van der Waals surface area contributed by atoms with E-state index in [0.717, 1.165) is 0 Å². The summed E-state index contributed by atoms with van der Waals surface area (Å²) < 4.78 is 61.0. The van der Waals surface area contributed by atoms with Crippen LogP contribution < -0.4 is 0 Å². The van der Waals surface area contributed by atoms with Crippen LogP contribution in [-0.4, -0.2) is 127 Å². The van der Waals surface area contributed by atoms with Crippen molar-refractivity contribution >= 4 is 29.8 Å². The largest absolute Gasteiger partial charge is 0.460 e. The van der Waals surface area contributed by atoms with Gasteiger partial charge in [0.05, 0.1) is 36.6 Å². The van der Waals surface area contributed by atoms with Crippen molar-refractivity contribution in [1.29, 1.82) is 0 Å². The lowest BCUT2D eigenvalue weighted by Crippen LogP contribution is -2.61. The summed E-state index contributed by atoms with van der Waals surface area (Å²) in [6, 6.07) is 0. The summed E-state index contributed by atoms with van der Waals surface area (Å²) >= 11 is 0. The maximum atomic E-state index is 13.7. The van der Waals surface area contributed by atoms with E-state index in [1.165, 1.54) is 21.0 Å². The number of aliphatic hydroxyl groups is 1. The van der Waals surface area contributed by atoms with Crippen molar-refractivity contribution in [1.82, 2.24) is 0 Å². The third-order valence-electron chi connectivity index (χ3n) is 12.2. The maximum Gasteiger partial charge on any atom is 0.342 e. The van der Waals surface area contributed by atoms with Crippen LogP contribution in [-0.2, 0) is 71.3 Å². The van der Waals surface area contributed by atoms with Crippen LogP contribution in [0.3, 0.4) is 0 Å². The van der Waals surface area contributed by atoms with Gasteiger partial charge in [-0.3, -0.25) is 19.2 Å². The van der Waals surface area contributed by atoms with E-state index in [2.05, 4.69) is 26.0 Å². The maximum absolute atomic E-state index is 13.7. The number of hydrogen-bond donors (Lipinski definition) is 1. The molecule has 16 unspecified atom stereocenters. The van der Waals surface area contributed by atoms with E-state index < -0.39 is 103 Å². The van der Waals surface area contributed by atoms with E-state index in [1.807, 2.05) is 26.0 Å². The average Bonchev–Trinajstić information content (AvgIpc) is 3.69. The fourth-order valence-electron chi connectivity index (χ4n) is 9.27. The van der Waals surface area contributed by atoms with Gasteiger partial charge in [-0.1, -0.05) is 52.0 Å². The molecule has 0 aromatic rings. The van der Waals surface area contributed by atoms with Crippen LogP contribution in [0.25, 0.3) is 0 Å². The molecule has 5 rings (SSSR count). The number of carbonyl (C=O) groups excluding carboxylic acids is 5. The molecule has 0 aromatic carbocycles. The van der Waals surface area contributed by atoms with E-state index in [4.69, 9.17) is 47.4 Å². The summed E-state index contributed by atoms with van der Waals surface area (Å²) in [5.74, 6) is -2.88. The molecule has 4 fully saturated rings. The Morgan fingerprint density at radius 2 is 1.41 bits per heavy atom. The van der Waals surface area contributed by atoms with Crippen molar-refractivity contribution < 1.29 is 76.4 Å². The molecule has 16 atom stereocenters. The zero-order valence-corrected chi connectivity index (χ0v) is 37.0. The minimum atomic E-state index is -2.24. The Morgan fingerprint density at radius 1 is 0.754 bits per heavy atom. The van der Waals surface area contributed by atoms with Gasteiger partial charge in [-0.2, -0.15) is 0 Å². The SMILES string of the molecule is CCCC(=O)OC1C(C)OC(OC2CC3CC(C)C=CC=CCC4OC(CC4C)C(OC(C)=O)CC4CC(O)(C(=O)O4)C(OC(C)=O)CC(C2)O3)C(OC)C1OC(=O)CCC. The normalized spacial score (nSPS) is 39.4. The number of methoxy groups -OCH3 is 1. The molecule has 6 bridgehead atoms. The Balaban J connectivity index is 1.43. The van der Waals surface area contributed by atoms with Gasteiger partial charge in [0.2, 0.25) is 5.60 Å². The monoisotopic (exact) mass is 864 g/mol. The number of esters is 5. The molecule has 5 aliphatic heterocycles. The molecule has 5 heterocycles. The van der Waals surface area contributed by atoms with Crippen LogP contribution >= 0.6 is 0 Å². The zero-order valence-electron chi connectivity index (χ0n) is 37.0. The summed E-state index contributed by atoms with van der Waals surface area (Å²) in [6.07, 6.45) is 1.93. The Morgan fingerprint density at radius 3 is 2.05 bits per heavy atom. The third kappa shape index (κ3) is 13.1. The van der Waals surface area contributed by atoms with Gasteiger partial charge < -0.3 is 52.5 Å². The van der Waals surface area contributed by atoms with Gasteiger partial charge in [0, 0.05) is 65.9 Å². The third-order valence-corrected chi connectivity index (χ3v) is 12.2. The fraction of sp³-hybridized carbons (Fsp3) is 0.800. The number of ether oxygens (including phenoxy) is 10. The van der Waals surface area contributed by atoms with Crippen LogP contribution in [0.4, 0.5) is 0 Å². The van der Waals surface area contributed by atoms with Crippen molar-refractivity contribution in [2.24, 2.45) is 11.8 Å². The van der Waals surface area contributed by atoms with Gasteiger partial charge >= 0.3 is 29.8 Å². The second-order valence-corrected chi connectivity index (χ2v) is 17.5. The number of rotatable bonds is 11. The second-order valence-electron chi connectivity index (χ2n) is 17.5. The van der Waals surface area contributed by atoms with E-state index in [-0.39, 0.29) is 62.6 Å². The highest BCUT2D eigenvalue weighted by atomic mass is 16.7. The minimum absolute atomic E-state index is 0.0489. The van der Waals surface area contributed by atoms with Crippen molar-refractivity contribution in [2.75, 3.05) is 7.11 Å². The molecule has 0 radical (unpaired) electrons. The number of hydrogen-bond acceptors (Lipinski definition) is 16. The van der Waals surface area contributed by atoms with Gasteiger partial charge in [-0.05, 0) is 50.9 Å². The molecule has 61 heavy (non-hydrogen) atoms. The van der Waals surface area contributed by atoms with E-state index in [1.54, 1.807) is 6.92 Å². The zero-order chi connectivity index (χ0) is 44.4. The number of fused-ring (bicyclic) bond motifs is 6. The molecule has 4 saturated heterocycles. The number of carbonyl (C=O) groups is 5. The summed E-state index contributed by atoms with van der Waals surface area (Å²) in [7, 11) is 1.44. The van der Waals surface area contributed by atoms with Crippen LogP contribution in [0, 0.1) is 11.8 Å². The fourth-order valence-corrected chi connectivity index (χ4v) is 9.27. The van der Waals surface area contributed by atoms with Crippen LogP contribution in [0.1, 0.15) is 126 Å². The smallest absolute Gasteiger partial charge is 0.342 e. The van der Waals surface area contributed by atoms with Gasteiger partial charge in [0.15, 0.2) is 18.5 Å². The summed E-state index contributed by atoms with van der Waals surface area (Å²) in [5, 5.41) is 12.1. The van der Waals surface area contributed by atoms with E-state index >= 15 is 0 Å². The van der Waals surface area contributed by atoms with Gasteiger partial charge in [0.1, 0.15) is 24.4 Å². The van der Waals surface area contributed by atoms with Crippen LogP contribution in [0.5, 0.6) is 0 Å². The molecule has 16 nitrogen and oxygen atoms in total. The molecule has 0 spiro atoms. The van der Waals surface area contributed by atoms with Crippen molar-refractivity contribution in [3.05, 3.63) is 24.3 Å². The lowest BCUT2D eigenvalue weighted by atomic mass is 9.85. The van der Waals surface area contributed by atoms with Crippen LogP contribution in [0.2, 0.25) is 0 Å². The molecule has 0 aliphatic carbocycles. The molecule has 0 aromatic heterocycles. The molecule has 1 N–H and O–H groups in total. The molecule has 344 valence electrons. The summed E-state index contributed by atoms with van der Waals surface area (Å²) in [4.78, 5) is 64.1. The Bertz CT molecular complexity index is 1560. The van der Waals surface area contributed by atoms with Gasteiger partial charge in [-0.25, -0.2) is 4.79 Å². The topological polar surface area (TPSA) is 198 Å². The molecule has 0 saturated carbocycles. The first kappa shape index (κ1) is 48.6. The molecule has 16 heteroatoms. The number of allylic oxidation sites excluding steroid dienone is 3. The predicted octanol–water partition coefficient (Wildman–Crippen LogP) is 5.13. The summed E-state index contributed by atoms with van der Waals surface area (Å²) in [5.41, 5.74) is -2.24. The Hall–Kier alpha value is -3.41. The highest BCUT2D eigenvalue weighted by Gasteiger charge is 2.57. The Labute approximate surface area is 359 Å². The molecule has 0 amide bonds. The van der Waals surface area contributed by atoms with Crippen molar-refractivity contribution in [3.63, 3.8) is 0 Å². The standard InChI is InChI=1S/C45H68O16/c1-9-14-38(48)60-40-27(5)53-43(42(52-8)41(40)61-39(49)15-10-2)57-31-20-30-18-25(3)16-12-11-13-17-34-26(4)19-35(59-34)36(54-28(6)46)22-33-24-45(51,44(50)58-33)37(55-29(7)47)23-32(21-31)56-30/h11-13,16,25-27,30-37,40-43,51H,9-10,14-15,17-24H2,1-8H3. The average molecular weight is 865 g/mol. The first-order valence-corrected chi connectivity index (χ1v) is 22.2. The molecule has 5 aliphatic rings. The lowest BCUT2D eigenvalue weighted by Gasteiger charge is -2.46. The van der Waals surface area contributed by atoms with Crippen molar-refractivity contribution in [2.45, 2.75) is 211 Å². The highest BCUT2D eigenvalue weighted by molar-refractivity contribution is 5.83. The lowest BCUT2D eigenvalue weighted by molar-refractivity contribution is -0.319. The summed E-state index contributed by atoms with van der Waals surface area (Å²) in [6.45, 7) is 12.1. The molecular formula is C45H68O16.